The molecule has 1 aliphatic rings. The Morgan fingerprint density at radius 2 is 1.71 bits per heavy atom. The molecule has 178 valence electrons. The van der Waals surface area contributed by atoms with Gasteiger partial charge in [0.05, 0.1) is 38.5 Å². The van der Waals surface area contributed by atoms with Gasteiger partial charge in [-0.1, -0.05) is 36.7 Å². The maximum absolute atomic E-state index is 13.7. The Morgan fingerprint density at radius 1 is 1.00 bits per heavy atom. The second-order valence-corrected chi connectivity index (χ2v) is 9.04. The summed E-state index contributed by atoms with van der Waals surface area (Å²) in [4.78, 5) is 15.5. The molecule has 3 aromatic rings. The van der Waals surface area contributed by atoms with Crippen LogP contribution in [0.25, 0.3) is 0 Å². The van der Waals surface area contributed by atoms with Crippen molar-refractivity contribution < 1.29 is 19.0 Å². The van der Waals surface area contributed by atoms with Gasteiger partial charge in [-0.15, -0.1) is 0 Å². The lowest BCUT2D eigenvalue weighted by molar-refractivity contribution is -0.118. The van der Waals surface area contributed by atoms with Crippen molar-refractivity contribution in [1.29, 1.82) is 0 Å². The molecule has 0 N–H and O–H groups in total. The molecule has 34 heavy (non-hydrogen) atoms. The van der Waals surface area contributed by atoms with Gasteiger partial charge in [0.15, 0.2) is 11.5 Å². The predicted molar refractivity (Wildman–Crippen MR) is 136 cm³/mol. The summed E-state index contributed by atoms with van der Waals surface area (Å²) >= 11 is 6.20. The molecule has 0 aliphatic carbocycles. The lowest BCUT2D eigenvalue weighted by atomic mass is 9.86. The number of amides is 1. The summed E-state index contributed by atoms with van der Waals surface area (Å²) in [5.74, 6) is 1.92. The van der Waals surface area contributed by atoms with Crippen molar-refractivity contribution in [3.05, 3.63) is 81.9 Å². The second kappa shape index (κ2) is 9.98. The van der Waals surface area contributed by atoms with Gasteiger partial charge in [-0.05, 0) is 78.9 Å². The molecule has 0 saturated carbocycles. The number of halogens is 1. The quantitative estimate of drug-likeness (QED) is 0.387. The van der Waals surface area contributed by atoms with Crippen molar-refractivity contribution in [2.24, 2.45) is 0 Å². The summed E-state index contributed by atoms with van der Waals surface area (Å²) in [7, 11) is 3.24. The normalized spacial score (nSPS) is 16.1. The molecule has 5 nitrogen and oxygen atoms in total. The average molecular weight is 480 g/mol. The molecular weight excluding hydrogens is 450 g/mol. The first-order valence-corrected chi connectivity index (χ1v) is 11.8. The van der Waals surface area contributed by atoms with Crippen molar-refractivity contribution in [2.45, 2.75) is 45.8 Å². The van der Waals surface area contributed by atoms with Crippen LogP contribution in [0, 0.1) is 6.92 Å². The van der Waals surface area contributed by atoms with E-state index in [1.54, 1.807) is 14.2 Å². The number of ether oxygens (including phenoxy) is 3. The van der Waals surface area contributed by atoms with Crippen molar-refractivity contribution in [3.63, 3.8) is 0 Å². The molecule has 0 radical (unpaired) electrons. The van der Waals surface area contributed by atoms with E-state index in [1.165, 1.54) is 0 Å². The average Bonchev–Trinajstić information content (AvgIpc) is 2.83. The Bertz CT molecular complexity index is 1190. The molecule has 0 saturated heterocycles. The first-order chi connectivity index (χ1) is 16.4. The van der Waals surface area contributed by atoms with E-state index in [-0.39, 0.29) is 24.5 Å². The minimum Gasteiger partial charge on any atom is -0.495 e. The third-order valence-electron chi connectivity index (χ3n) is 6.27. The van der Waals surface area contributed by atoms with Gasteiger partial charge in [-0.3, -0.25) is 9.69 Å². The summed E-state index contributed by atoms with van der Waals surface area (Å²) in [6, 6.07) is 17.1. The van der Waals surface area contributed by atoms with E-state index in [1.807, 2.05) is 73.3 Å². The van der Waals surface area contributed by atoms with E-state index in [4.69, 9.17) is 25.8 Å². The predicted octanol–water partition coefficient (Wildman–Crippen LogP) is 6.52. The zero-order valence-electron chi connectivity index (χ0n) is 20.2. The number of benzene rings is 3. The molecule has 0 bridgehead atoms. The van der Waals surface area contributed by atoms with E-state index in [2.05, 4.69) is 6.92 Å². The molecule has 3 aromatic carbocycles. The van der Waals surface area contributed by atoms with Crippen LogP contribution in [0.5, 0.6) is 17.2 Å². The summed E-state index contributed by atoms with van der Waals surface area (Å²) in [6.07, 6.45) is 1.14. The number of carbonyl (C=O) groups excluding carboxylic acids is 1. The van der Waals surface area contributed by atoms with Gasteiger partial charge in [0.1, 0.15) is 5.75 Å². The molecule has 0 fully saturated rings. The van der Waals surface area contributed by atoms with E-state index < -0.39 is 0 Å². The Hall–Kier alpha value is -3.18. The highest BCUT2D eigenvalue weighted by Gasteiger charge is 2.37. The number of hydrogen-bond donors (Lipinski definition) is 0. The van der Waals surface area contributed by atoms with Crippen LogP contribution in [0.3, 0.4) is 0 Å². The molecule has 0 spiro atoms. The minimum atomic E-state index is -0.380. The lowest BCUT2D eigenvalue weighted by Gasteiger charge is -2.39. The van der Waals surface area contributed by atoms with Crippen LogP contribution >= 0.6 is 11.6 Å². The molecule has 2 unspecified atom stereocenters. The van der Waals surface area contributed by atoms with Gasteiger partial charge >= 0.3 is 0 Å². The zero-order valence-corrected chi connectivity index (χ0v) is 21.0. The Kier molecular flexibility index (Phi) is 7.03. The smallest absolute Gasteiger partial charge is 0.232 e. The first kappa shape index (κ1) is 24.0. The van der Waals surface area contributed by atoms with Crippen LogP contribution in [0.2, 0.25) is 5.02 Å². The second-order valence-electron chi connectivity index (χ2n) is 8.61. The third kappa shape index (κ3) is 4.58. The highest BCUT2D eigenvalue weighted by Crippen LogP contribution is 2.46. The highest BCUT2D eigenvalue weighted by molar-refractivity contribution is 6.30. The molecule has 0 aromatic heterocycles. The van der Waals surface area contributed by atoms with Crippen LogP contribution in [0.4, 0.5) is 5.69 Å². The molecule has 1 amide bonds. The Labute approximate surface area is 206 Å². The van der Waals surface area contributed by atoms with Gasteiger partial charge in [-0.25, -0.2) is 0 Å². The van der Waals surface area contributed by atoms with Crippen LogP contribution in [-0.4, -0.2) is 26.2 Å². The van der Waals surface area contributed by atoms with Crippen molar-refractivity contribution in [3.8, 4) is 17.2 Å². The highest BCUT2D eigenvalue weighted by atomic mass is 35.5. The van der Waals surface area contributed by atoms with Crippen molar-refractivity contribution in [1.82, 2.24) is 0 Å². The lowest BCUT2D eigenvalue weighted by Crippen LogP contribution is -2.41. The Morgan fingerprint density at radius 3 is 2.35 bits per heavy atom. The summed E-state index contributed by atoms with van der Waals surface area (Å²) in [5.41, 5.74) is 4.63. The molecule has 1 heterocycles. The molecular formula is C28H30ClNO4. The molecule has 1 aliphatic heterocycles. The summed E-state index contributed by atoms with van der Waals surface area (Å²) < 4.78 is 17.5. The standard InChI is InChI=1S/C28H30ClNO4/c1-6-18(3)34-26-16-22-20(14-25(26)33-5)15-27(31)30(23-13-17(2)7-12-24(23)32-4)28(22)19-8-10-21(29)11-9-19/h7-14,16,18,28H,6,15H2,1-5H3. The fourth-order valence-electron chi connectivity index (χ4n) is 4.34. The van der Waals surface area contributed by atoms with E-state index in [0.29, 0.717) is 22.3 Å². The van der Waals surface area contributed by atoms with Crippen molar-refractivity contribution >= 4 is 23.2 Å². The fraction of sp³-hybridized carbons (Fsp3) is 0.321. The van der Waals surface area contributed by atoms with Crippen LogP contribution in [0.15, 0.2) is 54.6 Å². The summed E-state index contributed by atoms with van der Waals surface area (Å²) in [6.45, 7) is 6.12. The zero-order chi connectivity index (χ0) is 24.4. The number of methoxy groups -OCH3 is 2. The van der Waals surface area contributed by atoms with Crippen LogP contribution in [-0.2, 0) is 11.2 Å². The number of nitrogens with zero attached hydrogens (tertiary/aromatic N) is 1. The number of rotatable bonds is 7. The van der Waals surface area contributed by atoms with Gasteiger partial charge < -0.3 is 14.2 Å². The number of hydrogen-bond acceptors (Lipinski definition) is 4. The molecule has 2 atom stereocenters. The van der Waals surface area contributed by atoms with Gasteiger partial charge in [0, 0.05) is 5.02 Å². The SMILES string of the molecule is CCC(C)Oc1cc2c(cc1OC)CC(=O)N(c1cc(C)ccc1OC)C2c1ccc(Cl)cc1. The monoisotopic (exact) mass is 479 g/mol. The maximum Gasteiger partial charge on any atom is 0.232 e. The molecule has 6 heteroatoms. The van der Waals surface area contributed by atoms with Crippen LogP contribution in [0.1, 0.15) is 48.6 Å². The van der Waals surface area contributed by atoms with Gasteiger partial charge in [-0.2, -0.15) is 0 Å². The Balaban J connectivity index is 1.95. The number of aryl methyl sites for hydroxylation is 1. The van der Waals surface area contributed by atoms with Gasteiger partial charge in [0.25, 0.3) is 0 Å². The summed E-state index contributed by atoms with van der Waals surface area (Å²) in [5, 5.41) is 0.640. The topological polar surface area (TPSA) is 48.0 Å². The number of anilines is 1. The first-order valence-electron chi connectivity index (χ1n) is 11.5. The molecule has 4 rings (SSSR count). The van der Waals surface area contributed by atoms with E-state index in [9.17, 15) is 4.79 Å². The van der Waals surface area contributed by atoms with Gasteiger partial charge in [0.2, 0.25) is 5.91 Å². The minimum absolute atomic E-state index is 0.0194. The van der Waals surface area contributed by atoms with E-state index >= 15 is 0 Å². The number of fused-ring (bicyclic) bond motifs is 1. The van der Waals surface area contributed by atoms with Crippen molar-refractivity contribution in [2.75, 3.05) is 19.1 Å². The number of carbonyl (C=O) groups is 1. The fourth-order valence-corrected chi connectivity index (χ4v) is 4.47. The maximum atomic E-state index is 13.7. The van der Waals surface area contributed by atoms with Crippen LogP contribution < -0.4 is 19.1 Å². The largest absolute Gasteiger partial charge is 0.495 e. The van der Waals surface area contributed by atoms with E-state index in [0.717, 1.165) is 34.4 Å². The third-order valence-corrected chi connectivity index (χ3v) is 6.52.